The van der Waals surface area contributed by atoms with E-state index in [-0.39, 0.29) is 11.1 Å². The number of aromatic carboxylic acids is 1. The van der Waals surface area contributed by atoms with Crippen molar-refractivity contribution in [2.75, 3.05) is 0 Å². The first-order valence-electron chi connectivity index (χ1n) is 4.46. The Kier molecular flexibility index (Phi) is 3.20. The van der Waals surface area contributed by atoms with Crippen LogP contribution < -0.4 is 0 Å². The number of hydrogen-bond donors (Lipinski definition) is 1. The summed E-state index contributed by atoms with van der Waals surface area (Å²) in [6.07, 6.45) is 0.446. The second-order valence-corrected chi connectivity index (χ2v) is 3.05. The lowest BCUT2D eigenvalue weighted by atomic mass is 10.0. The molecule has 6 heteroatoms. The summed E-state index contributed by atoms with van der Waals surface area (Å²) in [6.45, 7) is 1.74. The lowest BCUT2D eigenvalue weighted by Gasteiger charge is -2.03. The number of hydrogen-bond acceptors (Lipinski definition) is 4. The summed E-state index contributed by atoms with van der Waals surface area (Å²) in [7, 11) is 0. The average molecular weight is 220 g/mol. The van der Waals surface area contributed by atoms with Crippen molar-refractivity contribution in [3.63, 3.8) is 0 Å². The maximum atomic E-state index is 10.8. The summed E-state index contributed by atoms with van der Waals surface area (Å²) in [5.74, 6) is -1.37. The van der Waals surface area contributed by atoms with Crippen LogP contribution in [0, 0.1) is 21.4 Å². The zero-order valence-corrected chi connectivity index (χ0v) is 8.43. The summed E-state index contributed by atoms with van der Waals surface area (Å²) in [5.41, 5.74) is -0.313. The van der Waals surface area contributed by atoms with Gasteiger partial charge in [0.05, 0.1) is 16.6 Å². The number of benzene rings is 1. The predicted molar refractivity (Wildman–Crippen MR) is 54.1 cm³/mol. The molecular formula is C10H8N2O4. The molecule has 1 aromatic carbocycles. The van der Waals surface area contributed by atoms with Crippen LogP contribution in [0.5, 0.6) is 0 Å². The van der Waals surface area contributed by atoms with Gasteiger partial charge in [0.25, 0.3) is 5.69 Å². The van der Waals surface area contributed by atoms with Gasteiger partial charge >= 0.3 is 5.97 Å². The lowest BCUT2D eigenvalue weighted by Crippen LogP contribution is -2.05. The maximum Gasteiger partial charge on any atom is 0.342 e. The Balaban J connectivity index is 3.55. The van der Waals surface area contributed by atoms with Crippen LogP contribution in [-0.2, 0) is 6.42 Å². The molecule has 16 heavy (non-hydrogen) atoms. The molecule has 1 aromatic rings. The highest BCUT2D eigenvalue weighted by molar-refractivity contribution is 5.93. The molecule has 0 aromatic heterocycles. The average Bonchev–Trinajstić information content (AvgIpc) is 2.26. The van der Waals surface area contributed by atoms with Crippen LogP contribution in [0.15, 0.2) is 12.1 Å². The number of aryl methyl sites for hydroxylation is 1. The summed E-state index contributed by atoms with van der Waals surface area (Å²) in [4.78, 5) is 20.6. The van der Waals surface area contributed by atoms with E-state index in [1.54, 1.807) is 6.92 Å². The van der Waals surface area contributed by atoms with Crippen LogP contribution in [0.4, 0.5) is 5.69 Å². The van der Waals surface area contributed by atoms with E-state index in [2.05, 4.69) is 0 Å². The molecule has 0 aliphatic rings. The number of rotatable bonds is 3. The molecule has 0 heterocycles. The second kappa shape index (κ2) is 4.40. The number of carboxylic acid groups (broad SMARTS) is 1. The van der Waals surface area contributed by atoms with Gasteiger partial charge in [0.1, 0.15) is 5.56 Å². The monoisotopic (exact) mass is 220 g/mol. The first kappa shape index (κ1) is 11.7. The van der Waals surface area contributed by atoms with Crippen LogP contribution in [0.3, 0.4) is 0 Å². The van der Waals surface area contributed by atoms with E-state index >= 15 is 0 Å². The van der Waals surface area contributed by atoms with E-state index in [9.17, 15) is 14.9 Å². The summed E-state index contributed by atoms with van der Waals surface area (Å²) in [6, 6.07) is 3.99. The lowest BCUT2D eigenvalue weighted by molar-refractivity contribution is -0.385. The maximum absolute atomic E-state index is 10.8. The van der Waals surface area contributed by atoms with Crippen molar-refractivity contribution in [3.05, 3.63) is 38.9 Å². The van der Waals surface area contributed by atoms with Crippen molar-refractivity contribution >= 4 is 11.7 Å². The third-order valence-electron chi connectivity index (χ3n) is 2.15. The fourth-order valence-electron chi connectivity index (χ4n) is 1.35. The Morgan fingerprint density at radius 2 is 2.25 bits per heavy atom. The molecule has 0 bridgehead atoms. The minimum Gasteiger partial charge on any atom is -0.477 e. The van der Waals surface area contributed by atoms with Crippen LogP contribution in [0.1, 0.15) is 28.4 Å². The molecule has 82 valence electrons. The first-order valence-corrected chi connectivity index (χ1v) is 4.46. The van der Waals surface area contributed by atoms with Gasteiger partial charge in [-0.25, -0.2) is 4.79 Å². The van der Waals surface area contributed by atoms with E-state index in [1.807, 2.05) is 6.07 Å². The zero-order chi connectivity index (χ0) is 12.3. The molecule has 0 unspecified atom stereocenters. The smallest absolute Gasteiger partial charge is 0.342 e. The fraction of sp³-hybridized carbons (Fsp3) is 0.200. The zero-order valence-electron chi connectivity index (χ0n) is 8.43. The second-order valence-electron chi connectivity index (χ2n) is 3.05. The highest BCUT2D eigenvalue weighted by atomic mass is 16.6. The van der Waals surface area contributed by atoms with Gasteiger partial charge in [-0.2, -0.15) is 5.26 Å². The molecule has 0 saturated carbocycles. The van der Waals surface area contributed by atoms with Crippen molar-refractivity contribution in [1.29, 1.82) is 5.26 Å². The van der Waals surface area contributed by atoms with Gasteiger partial charge in [-0.3, -0.25) is 10.1 Å². The fourth-order valence-corrected chi connectivity index (χ4v) is 1.35. The number of nitro groups is 1. The van der Waals surface area contributed by atoms with Gasteiger partial charge < -0.3 is 5.11 Å². The SMILES string of the molecule is CCc1cc(C(=O)O)c([N+](=O)[O-])cc1C#N. The Hall–Kier alpha value is -2.42. The number of nitriles is 1. The van der Waals surface area contributed by atoms with Gasteiger partial charge in [0, 0.05) is 6.07 Å². The van der Waals surface area contributed by atoms with Crippen molar-refractivity contribution in [1.82, 2.24) is 0 Å². The van der Waals surface area contributed by atoms with Gasteiger partial charge in [0.15, 0.2) is 0 Å². The predicted octanol–water partition coefficient (Wildman–Crippen LogP) is 1.73. The van der Waals surface area contributed by atoms with E-state index in [0.29, 0.717) is 12.0 Å². The van der Waals surface area contributed by atoms with Gasteiger partial charge in [-0.1, -0.05) is 6.92 Å². The van der Waals surface area contributed by atoms with Crippen molar-refractivity contribution in [3.8, 4) is 6.07 Å². The first-order chi connectivity index (χ1) is 7.51. The van der Waals surface area contributed by atoms with E-state index < -0.39 is 16.6 Å². The normalized spacial score (nSPS) is 9.50. The molecule has 6 nitrogen and oxygen atoms in total. The topological polar surface area (TPSA) is 104 Å². The summed E-state index contributed by atoms with van der Waals surface area (Å²) < 4.78 is 0. The van der Waals surface area contributed by atoms with Crippen LogP contribution >= 0.6 is 0 Å². The minimum atomic E-state index is -1.37. The molecule has 1 N–H and O–H groups in total. The third-order valence-corrected chi connectivity index (χ3v) is 2.15. The number of nitrogens with zero attached hydrogens (tertiary/aromatic N) is 2. The standard InChI is InChI=1S/C10H8N2O4/c1-2-6-3-8(10(13)14)9(12(15)16)4-7(6)5-11/h3-4H,2H2,1H3,(H,13,14). The highest BCUT2D eigenvalue weighted by Gasteiger charge is 2.22. The molecular weight excluding hydrogens is 212 g/mol. The summed E-state index contributed by atoms with van der Waals surface area (Å²) in [5, 5.41) is 28.2. The summed E-state index contributed by atoms with van der Waals surface area (Å²) >= 11 is 0. The molecule has 1 rings (SSSR count). The molecule has 0 radical (unpaired) electrons. The Morgan fingerprint density at radius 3 is 2.62 bits per heavy atom. The molecule has 0 fully saturated rings. The Bertz CT molecular complexity index is 502. The number of nitro benzene ring substituents is 1. The van der Waals surface area contributed by atoms with Crippen molar-refractivity contribution in [2.24, 2.45) is 0 Å². The van der Waals surface area contributed by atoms with E-state index in [1.165, 1.54) is 6.07 Å². The highest BCUT2D eigenvalue weighted by Crippen LogP contribution is 2.23. The molecule has 0 saturated heterocycles. The van der Waals surface area contributed by atoms with Gasteiger partial charge in [-0.05, 0) is 18.1 Å². The van der Waals surface area contributed by atoms with E-state index in [4.69, 9.17) is 10.4 Å². The molecule has 0 aliphatic carbocycles. The van der Waals surface area contributed by atoms with Crippen molar-refractivity contribution in [2.45, 2.75) is 13.3 Å². The third kappa shape index (κ3) is 1.98. The molecule has 0 aliphatic heterocycles. The van der Waals surface area contributed by atoms with Crippen molar-refractivity contribution < 1.29 is 14.8 Å². The number of carbonyl (C=O) groups is 1. The van der Waals surface area contributed by atoms with Crippen LogP contribution in [-0.4, -0.2) is 16.0 Å². The van der Waals surface area contributed by atoms with E-state index in [0.717, 1.165) is 6.07 Å². The van der Waals surface area contributed by atoms with Gasteiger partial charge in [0.2, 0.25) is 0 Å². The van der Waals surface area contributed by atoms with Crippen LogP contribution in [0.2, 0.25) is 0 Å². The quantitative estimate of drug-likeness (QED) is 0.616. The molecule has 0 amide bonds. The number of carboxylic acids is 1. The van der Waals surface area contributed by atoms with Crippen LogP contribution in [0.25, 0.3) is 0 Å². The minimum absolute atomic E-state index is 0.138. The largest absolute Gasteiger partial charge is 0.477 e. The molecule has 0 atom stereocenters. The molecule has 0 spiro atoms. The van der Waals surface area contributed by atoms with Gasteiger partial charge in [-0.15, -0.1) is 0 Å². The Labute approximate surface area is 90.9 Å². The Morgan fingerprint density at radius 1 is 1.62 bits per heavy atom.